The zero-order valence-corrected chi connectivity index (χ0v) is 17.5. The van der Waals surface area contributed by atoms with Gasteiger partial charge in [0, 0.05) is 18.3 Å². The predicted octanol–water partition coefficient (Wildman–Crippen LogP) is 5.00. The summed E-state index contributed by atoms with van der Waals surface area (Å²) < 4.78 is 12.0. The first-order chi connectivity index (χ1) is 12.8. The van der Waals surface area contributed by atoms with Crippen molar-refractivity contribution in [1.29, 1.82) is 0 Å². The van der Waals surface area contributed by atoms with Gasteiger partial charge in [0.2, 0.25) is 0 Å². The Balaban J connectivity index is 1.52. The summed E-state index contributed by atoms with van der Waals surface area (Å²) in [6, 6.07) is 0. The lowest BCUT2D eigenvalue weighted by Crippen LogP contribution is -2.63. The van der Waals surface area contributed by atoms with Gasteiger partial charge in [0.25, 0.3) is 0 Å². The Kier molecular flexibility index (Phi) is 3.89. The molecule has 5 aliphatic rings. The van der Waals surface area contributed by atoms with Crippen molar-refractivity contribution < 1.29 is 14.6 Å². The quantitative estimate of drug-likeness (QED) is 0.608. The highest BCUT2D eigenvalue weighted by Crippen LogP contribution is 2.69. The number of allylic oxidation sites excluding steroid dienone is 3. The average molecular weight is 373 g/mol. The van der Waals surface area contributed by atoms with Gasteiger partial charge >= 0.3 is 0 Å². The molecule has 1 heterocycles. The Morgan fingerprint density at radius 1 is 1.07 bits per heavy atom. The maximum absolute atomic E-state index is 12.2. The van der Waals surface area contributed by atoms with Crippen molar-refractivity contribution in [3.8, 4) is 0 Å². The number of hydrogen-bond donors (Lipinski definition) is 1. The molecule has 1 saturated heterocycles. The minimum atomic E-state index is -0.579. The Morgan fingerprint density at radius 3 is 2.52 bits per heavy atom. The molecule has 1 N–H and O–H groups in total. The molecule has 0 aromatic rings. The molecule has 0 amide bonds. The van der Waals surface area contributed by atoms with Crippen molar-refractivity contribution in [2.45, 2.75) is 84.0 Å². The van der Waals surface area contributed by atoms with Crippen molar-refractivity contribution in [1.82, 2.24) is 0 Å². The van der Waals surface area contributed by atoms with Crippen LogP contribution in [-0.4, -0.2) is 29.7 Å². The average Bonchev–Trinajstić information content (AvgIpc) is 3.19. The van der Waals surface area contributed by atoms with Crippen LogP contribution in [0.4, 0.5) is 0 Å². The number of rotatable bonds is 0. The van der Waals surface area contributed by atoms with E-state index < -0.39 is 11.4 Å². The summed E-state index contributed by atoms with van der Waals surface area (Å²) in [4.78, 5) is 0. The van der Waals surface area contributed by atoms with E-state index >= 15 is 0 Å². The van der Waals surface area contributed by atoms with Gasteiger partial charge in [-0.3, -0.25) is 0 Å². The van der Waals surface area contributed by atoms with Gasteiger partial charge in [-0.05, 0) is 62.2 Å². The van der Waals surface area contributed by atoms with Crippen LogP contribution < -0.4 is 0 Å². The van der Waals surface area contributed by atoms with E-state index in [0.717, 1.165) is 38.5 Å². The zero-order valence-electron chi connectivity index (χ0n) is 17.5. The van der Waals surface area contributed by atoms with Crippen LogP contribution in [0.2, 0.25) is 0 Å². The van der Waals surface area contributed by atoms with Gasteiger partial charge in [0.15, 0.2) is 5.79 Å². The zero-order chi connectivity index (χ0) is 19.1. The molecule has 4 aliphatic carbocycles. The largest absolute Gasteiger partial charge is 0.389 e. The minimum absolute atomic E-state index is 0.125. The first kappa shape index (κ1) is 18.4. The minimum Gasteiger partial charge on any atom is -0.389 e. The molecule has 4 fully saturated rings. The Bertz CT molecular complexity index is 702. The van der Waals surface area contributed by atoms with Crippen LogP contribution >= 0.6 is 0 Å². The molecule has 0 aromatic carbocycles. The SMILES string of the molecule is C/C=C1\[C@H](C)C[C@H]2[C@@H]3CC=C4CC5(CC[C@]4(C)[C@@]3(O)CC[C@]12C)OCCO5. The van der Waals surface area contributed by atoms with E-state index in [-0.39, 0.29) is 10.8 Å². The highest BCUT2D eigenvalue weighted by atomic mass is 16.7. The molecule has 5 rings (SSSR count). The fraction of sp³-hybridized carbons (Fsp3) is 0.833. The van der Waals surface area contributed by atoms with Crippen molar-refractivity contribution in [3.63, 3.8) is 0 Å². The van der Waals surface area contributed by atoms with Gasteiger partial charge < -0.3 is 14.6 Å². The van der Waals surface area contributed by atoms with E-state index in [2.05, 4.69) is 39.8 Å². The van der Waals surface area contributed by atoms with E-state index in [9.17, 15) is 5.11 Å². The van der Waals surface area contributed by atoms with Crippen LogP contribution in [0.3, 0.4) is 0 Å². The molecule has 0 unspecified atom stereocenters. The third-order valence-corrected chi connectivity index (χ3v) is 9.61. The summed E-state index contributed by atoms with van der Waals surface area (Å²) in [7, 11) is 0. The second-order valence-corrected chi connectivity index (χ2v) is 10.5. The first-order valence-electron chi connectivity index (χ1n) is 11.1. The summed E-state index contributed by atoms with van der Waals surface area (Å²) in [6.45, 7) is 10.8. The molecule has 1 aliphatic heterocycles. The summed E-state index contributed by atoms with van der Waals surface area (Å²) >= 11 is 0. The Morgan fingerprint density at radius 2 is 1.81 bits per heavy atom. The summed E-state index contributed by atoms with van der Waals surface area (Å²) in [5.74, 6) is 1.23. The van der Waals surface area contributed by atoms with Crippen molar-refractivity contribution >= 4 is 0 Å². The molecule has 3 nitrogen and oxygen atoms in total. The van der Waals surface area contributed by atoms with Gasteiger partial charge in [0.05, 0.1) is 18.8 Å². The number of fused-ring (bicyclic) bond motifs is 5. The van der Waals surface area contributed by atoms with Crippen molar-refractivity contribution in [2.24, 2.45) is 28.6 Å². The van der Waals surface area contributed by atoms with E-state index in [4.69, 9.17) is 9.47 Å². The van der Waals surface area contributed by atoms with E-state index in [0.29, 0.717) is 31.0 Å². The fourth-order valence-electron chi connectivity index (χ4n) is 8.09. The summed E-state index contributed by atoms with van der Waals surface area (Å²) in [5.41, 5.74) is 2.62. The van der Waals surface area contributed by atoms with Crippen molar-refractivity contribution in [2.75, 3.05) is 13.2 Å². The second kappa shape index (κ2) is 5.70. The van der Waals surface area contributed by atoms with Gasteiger partial charge in [-0.2, -0.15) is 0 Å². The van der Waals surface area contributed by atoms with Crippen molar-refractivity contribution in [3.05, 3.63) is 23.3 Å². The van der Waals surface area contributed by atoms with Gasteiger partial charge in [0.1, 0.15) is 0 Å². The maximum Gasteiger partial charge on any atom is 0.172 e. The predicted molar refractivity (Wildman–Crippen MR) is 106 cm³/mol. The molecule has 0 radical (unpaired) electrons. The maximum atomic E-state index is 12.2. The van der Waals surface area contributed by atoms with Crippen LogP contribution in [0, 0.1) is 28.6 Å². The second-order valence-electron chi connectivity index (χ2n) is 10.5. The summed E-state index contributed by atoms with van der Waals surface area (Å²) in [6.07, 6.45) is 11.9. The molecule has 0 bridgehead atoms. The first-order valence-corrected chi connectivity index (χ1v) is 11.1. The van der Waals surface area contributed by atoms with Crippen LogP contribution in [0.25, 0.3) is 0 Å². The number of aliphatic hydroxyl groups is 1. The Hall–Kier alpha value is -0.640. The van der Waals surface area contributed by atoms with Crippen LogP contribution in [0.15, 0.2) is 23.3 Å². The molecule has 3 heteroatoms. The lowest BCUT2D eigenvalue weighted by molar-refractivity contribution is -0.218. The van der Waals surface area contributed by atoms with Gasteiger partial charge in [-0.1, -0.05) is 44.1 Å². The highest BCUT2D eigenvalue weighted by molar-refractivity contribution is 5.35. The van der Waals surface area contributed by atoms with Crippen LogP contribution in [-0.2, 0) is 9.47 Å². The van der Waals surface area contributed by atoms with Crippen LogP contribution in [0.5, 0.6) is 0 Å². The fourth-order valence-corrected chi connectivity index (χ4v) is 8.09. The summed E-state index contributed by atoms with van der Waals surface area (Å²) in [5, 5.41) is 12.2. The lowest BCUT2D eigenvalue weighted by atomic mass is 9.45. The van der Waals surface area contributed by atoms with Crippen LogP contribution in [0.1, 0.15) is 72.6 Å². The highest BCUT2D eigenvalue weighted by Gasteiger charge is 2.66. The van der Waals surface area contributed by atoms with E-state index in [1.54, 1.807) is 5.57 Å². The van der Waals surface area contributed by atoms with Gasteiger partial charge in [-0.25, -0.2) is 0 Å². The molecule has 6 atom stereocenters. The smallest absolute Gasteiger partial charge is 0.172 e. The standard InChI is InChI=1S/C24H36O3/c1-5-18-16(2)14-20-19-7-6-17-15-23(26-12-13-27-23)10-9-22(17,4)24(19,25)11-8-21(18,20)3/h5-6,16,19-20,25H,7-15H2,1-4H3/b18-5+/t16-,19+,20+,21-,22+,24-/m1/s1. The Labute approximate surface area is 164 Å². The molecular weight excluding hydrogens is 336 g/mol. The third kappa shape index (κ3) is 2.20. The topological polar surface area (TPSA) is 38.7 Å². The van der Waals surface area contributed by atoms with E-state index in [1.807, 2.05) is 0 Å². The van der Waals surface area contributed by atoms with E-state index in [1.165, 1.54) is 12.0 Å². The number of ether oxygens (including phenoxy) is 2. The monoisotopic (exact) mass is 372 g/mol. The molecule has 27 heavy (non-hydrogen) atoms. The molecule has 1 spiro atoms. The molecule has 3 saturated carbocycles. The molecule has 150 valence electrons. The molecular formula is C24H36O3. The molecule has 0 aromatic heterocycles. The normalized spacial score (nSPS) is 52.4. The third-order valence-electron chi connectivity index (χ3n) is 9.61. The van der Waals surface area contributed by atoms with Gasteiger partial charge in [-0.15, -0.1) is 0 Å². The number of hydrogen-bond acceptors (Lipinski definition) is 3. The lowest BCUT2D eigenvalue weighted by Gasteiger charge is -2.63.